The number of nitrogens with one attached hydrogen (secondary N) is 1. The van der Waals surface area contributed by atoms with Crippen molar-refractivity contribution >= 4 is 33.2 Å². The first-order valence-electron chi connectivity index (χ1n) is 8.32. The number of amides is 1. The second kappa shape index (κ2) is 8.36. The molecule has 0 aliphatic carbocycles. The summed E-state index contributed by atoms with van der Waals surface area (Å²) in [5.41, 5.74) is 1.89. The Labute approximate surface area is 156 Å². The van der Waals surface area contributed by atoms with E-state index in [2.05, 4.69) is 44.2 Å². The maximum atomic E-state index is 12.3. The van der Waals surface area contributed by atoms with Gasteiger partial charge < -0.3 is 19.9 Å². The molecule has 2 aromatic rings. The number of piperazine rings is 1. The van der Waals surface area contributed by atoms with Crippen LogP contribution in [0.25, 0.3) is 0 Å². The van der Waals surface area contributed by atoms with Crippen LogP contribution in [0.15, 0.2) is 53.0 Å². The van der Waals surface area contributed by atoms with Gasteiger partial charge in [-0.3, -0.25) is 4.79 Å². The Hall–Kier alpha value is -2.05. The number of hydrogen-bond donors (Lipinski definition) is 1. The third-order valence-corrected chi connectivity index (χ3v) is 4.68. The van der Waals surface area contributed by atoms with E-state index >= 15 is 0 Å². The zero-order chi connectivity index (χ0) is 17.6. The van der Waals surface area contributed by atoms with Crippen molar-refractivity contribution in [3.05, 3.63) is 53.0 Å². The molecule has 1 saturated heterocycles. The Bertz CT molecular complexity index is 730. The molecule has 0 bridgehead atoms. The van der Waals surface area contributed by atoms with Gasteiger partial charge in [-0.1, -0.05) is 34.1 Å². The Morgan fingerprint density at radius 2 is 1.88 bits per heavy atom. The summed E-state index contributed by atoms with van der Waals surface area (Å²) >= 11 is 3.39. The maximum Gasteiger partial charge on any atom is 0.262 e. The van der Waals surface area contributed by atoms with E-state index in [1.54, 1.807) is 0 Å². The fourth-order valence-corrected chi connectivity index (χ4v) is 3.17. The summed E-state index contributed by atoms with van der Waals surface area (Å²) < 4.78 is 6.48. The molecule has 3 rings (SSSR count). The number of halogens is 1. The summed E-state index contributed by atoms with van der Waals surface area (Å²) in [5.74, 6) is 0.499. The molecular formula is C19H22BrN3O2. The lowest BCUT2D eigenvalue weighted by Crippen LogP contribution is -2.44. The van der Waals surface area contributed by atoms with Gasteiger partial charge in [-0.2, -0.15) is 0 Å². The third-order valence-electron chi connectivity index (χ3n) is 4.19. The molecule has 1 N–H and O–H groups in total. The van der Waals surface area contributed by atoms with Crippen LogP contribution in [0.3, 0.4) is 0 Å². The van der Waals surface area contributed by atoms with Crippen LogP contribution in [0.4, 0.5) is 11.4 Å². The third kappa shape index (κ3) is 4.96. The summed E-state index contributed by atoms with van der Waals surface area (Å²) in [4.78, 5) is 16.9. The quantitative estimate of drug-likeness (QED) is 0.832. The smallest absolute Gasteiger partial charge is 0.262 e. The van der Waals surface area contributed by atoms with Crippen molar-refractivity contribution in [3.8, 4) is 5.75 Å². The highest BCUT2D eigenvalue weighted by atomic mass is 79.9. The van der Waals surface area contributed by atoms with Crippen molar-refractivity contribution in [1.82, 2.24) is 4.90 Å². The fraction of sp³-hybridized carbons (Fsp3) is 0.316. The highest BCUT2D eigenvalue weighted by Gasteiger charge is 2.17. The van der Waals surface area contributed by atoms with Gasteiger partial charge in [0.1, 0.15) is 5.75 Å². The van der Waals surface area contributed by atoms with Gasteiger partial charge in [-0.05, 0) is 37.4 Å². The van der Waals surface area contributed by atoms with E-state index in [1.807, 2.05) is 42.5 Å². The van der Waals surface area contributed by atoms with Crippen molar-refractivity contribution in [1.29, 1.82) is 0 Å². The molecule has 0 radical (unpaired) electrons. The second-order valence-corrected chi connectivity index (χ2v) is 7.02. The predicted octanol–water partition coefficient (Wildman–Crippen LogP) is 3.22. The number of carbonyl (C=O) groups is 1. The maximum absolute atomic E-state index is 12.3. The first kappa shape index (κ1) is 17.8. The van der Waals surface area contributed by atoms with Gasteiger partial charge in [0.15, 0.2) is 6.61 Å². The Balaban J connectivity index is 1.61. The highest BCUT2D eigenvalue weighted by Crippen LogP contribution is 2.26. The number of anilines is 2. The van der Waals surface area contributed by atoms with Crippen LogP contribution < -0.4 is 15.0 Å². The summed E-state index contributed by atoms with van der Waals surface area (Å²) in [5, 5.41) is 2.97. The van der Waals surface area contributed by atoms with Crippen LogP contribution in [0.1, 0.15) is 0 Å². The molecule has 0 spiro atoms. The normalized spacial score (nSPS) is 15.0. The van der Waals surface area contributed by atoms with Crippen molar-refractivity contribution < 1.29 is 9.53 Å². The molecule has 1 aliphatic rings. The number of carbonyl (C=O) groups excluding carboxylic acids is 1. The largest absolute Gasteiger partial charge is 0.484 e. The van der Waals surface area contributed by atoms with E-state index in [4.69, 9.17) is 4.74 Å². The van der Waals surface area contributed by atoms with Crippen LogP contribution >= 0.6 is 15.9 Å². The second-order valence-electron chi connectivity index (χ2n) is 6.10. The summed E-state index contributed by atoms with van der Waals surface area (Å²) in [6.45, 7) is 3.94. The Morgan fingerprint density at radius 3 is 2.64 bits per heavy atom. The van der Waals surface area contributed by atoms with Crippen molar-refractivity contribution in [2.75, 3.05) is 50.1 Å². The molecule has 1 aliphatic heterocycles. The lowest BCUT2D eigenvalue weighted by atomic mass is 10.2. The van der Waals surface area contributed by atoms with E-state index in [-0.39, 0.29) is 12.5 Å². The zero-order valence-corrected chi connectivity index (χ0v) is 15.8. The fourth-order valence-electron chi connectivity index (χ4n) is 2.79. The average molecular weight is 404 g/mol. The number of para-hydroxylation sites is 2. The molecule has 1 amide bonds. The number of hydrogen-bond acceptors (Lipinski definition) is 4. The number of ether oxygens (including phenoxy) is 1. The van der Waals surface area contributed by atoms with Gasteiger partial charge in [0, 0.05) is 30.7 Å². The SMILES string of the molecule is CN1CCN(c2ccccc2NC(=O)COc2cccc(Br)c2)CC1. The number of benzene rings is 2. The van der Waals surface area contributed by atoms with Crippen LogP contribution in [0, 0.1) is 0 Å². The molecule has 1 heterocycles. The lowest BCUT2D eigenvalue weighted by molar-refractivity contribution is -0.118. The van der Waals surface area contributed by atoms with Gasteiger partial charge in [0.05, 0.1) is 11.4 Å². The van der Waals surface area contributed by atoms with E-state index in [0.717, 1.165) is 42.0 Å². The monoisotopic (exact) mass is 403 g/mol. The van der Waals surface area contributed by atoms with E-state index in [0.29, 0.717) is 5.75 Å². The van der Waals surface area contributed by atoms with Crippen molar-refractivity contribution in [2.45, 2.75) is 0 Å². The molecule has 5 nitrogen and oxygen atoms in total. The number of nitrogens with zero attached hydrogens (tertiary/aromatic N) is 2. The van der Waals surface area contributed by atoms with Gasteiger partial charge in [0.25, 0.3) is 5.91 Å². The molecule has 132 valence electrons. The topological polar surface area (TPSA) is 44.8 Å². The number of likely N-dealkylation sites (N-methyl/N-ethyl adjacent to an activating group) is 1. The Morgan fingerprint density at radius 1 is 1.12 bits per heavy atom. The first-order valence-corrected chi connectivity index (χ1v) is 9.12. The van der Waals surface area contributed by atoms with Crippen molar-refractivity contribution in [3.63, 3.8) is 0 Å². The van der Waals surface area contributed by atoms with Crippen LogP contribution in [-0.4, -0.2) is 50.6 Å². The summed E-state index contributed by atoms with van der Waals surface area (Å²) in [6, 6.07) is 15.4. The van der Waals surface area contributed by atoms with Crippen molar-refractivity contribution in [2.24, 2.45) is 0 Å². The molecule has 1 fully saturated rings. The van der Waals surface area contributed by atoms with Gasteiger partial charge >= 0.3 is 0 Å². The molecule has 6 heteroatoms. The van der Waals surface area contributed by atoms with Crippen LogP contribution in [0.2, 0.25) is 0 Å². The molecule has 0 aromatic heterocycles. The summed E-state index contributed by atoms with van der Waals surface area (Å²) in [6.07, 6.45) is 0. The lowest BCUT2D eigenvalue weighted by Gasteiger charge is -2.35. The first-order chi connectivity index (χ1) is 12.1. The molecule has 25 heavy (non-hydrogen) atoms. The predicted molar refractivity (Wildman–Crippen MR) is 104 cm³/mol. The minimum Gasteiger partial charge on any atom is -0.484 e. The van der Waals surface area contributed by atoms with Gasteiger partial charge in [-0.15, -0.1) is 0 Å². The number of rotatable bonds is 5. The average Bonchev–Trinajstić information content (AvgIpc) is 2.61. The van der Waals surface area contributed by atoms with Gasteiger partial charge in [0.2, 0.25) is 0 Å². The minimum atomic E-state index is -0.165. The summed E-state index contributed by atoms with van der Waals surface area (Å²) in [7, 11) is 2.13. The molecule has 0 unspecified atom stereocenters. The van der Waals surface area contributed by atoms with Crippen LogP contribution in [-0.2, 0) is 4.79 Å². The van der Waals surface area contributed by atoms with E-state index < -0.39 is 0 Å². The van der Waals surface area contributed by atoms with Crippen LogP contribution in [0.5, 0.6) is 5.75 Å². The minimum absolute atomic E-state index is 0.0203. The van der Waals surface area contributed by atoms with E-state index in [1.165, 1.54) is 0 Å². The molecule has 0 saturated carbocycles. The van der Waals surface area contributed by atoms with Gasteiger partial charge in [-0.25, -0.2) is 0 Å². The standard InChI is InChI=1S/C19H22BrN3O2/c1-22-9-11-23(12-10-22)18-8-3-2-7-17(18)21-19(24)14-25-16-6-4-5-15(20)13-16/h2-8,13H,9-12,14H2,1H3,(H,21,24). The zero-order valence-electron chi connectivity index (χ0n) is 14.2. The molecule has 0 atom stereocenters. The van der Waals surface area contributed by atoms with E-state index in [9.17, 15) is 4.79 Å². The molecule has 2 aromatic carbocycles. The molecular weight excluding hydrogens is 382 g/mol. The highest BCUT2D eigenvalue weighted by molar-refractivity contribution is 9.10. The Kier molecular flexibility index (Phi) is 5.94.